The van der Waals surface area contributed by atoms with E-state index >= 15 is 0 Å². The average molecular weight is 400 g/mol. The normalized spacial score (nSPS) is 10.0. The van der Waals surface area contributed by atoms with E-state index in [4.69, 9.17) is 4.74 Å². The summed E-state index contributed by atoms with van der Waals surface area (Å²) in [5.41, 5.74) is 2.18. The van der Waals surface area contributed by atoms with Gasteiger partial charge in [0.25, 0.3) is 6.47 Å². The van der Waals surface area contributed by atoms with Crippen LogP contribution in [0.25, 0.3) is 10.6 Å². The van der Waals surface area contributed by atoms with Gasteiger partial charge in [0.15, 0.2) is 0 Å². The van der Waals surface area contributed by atoms with Crippen LogP contribution < -0.4 is 4.74 Å². The Morgan fingerprint density at radius 1 is 1.39 bits per heavy atom. The summed E-state index contributed by atoms with van der Waals surface area (Å²) in [6, 6.07) is 6.12. The minimum absolute atomic E-state index is 0.431. The monoisotopic (exact) mass is 399 g/mol. The molecule has 0 N–H and O–H groups in total. The SMILES string of the molecule is CCOC=O.Cc1csc(-c2ccc(OCC(C)C)c(Br)c2)n1. The van der Waals surface area contributed by atoms with E-state index in [-0.39, 0.29) is 0 Å². The van der Waals surface area contributed by atoms with E-state index in [1.807, 2.05) is 13.0 Å². The van der Waals surface area contributed by atoms with Gasteiger partial charge < -0.3 is 9.47 Å². The number of hydrogen-bond donors (Lipinski definition) is 0. The van der Waals surface area contributed by atoms with Crippen LogP contribution >= 0.6 is 27.3 Å². The highest BCUT2D eigenvalue weighted by atomic mass is 79.9. The zero-order chi connectivity index (χ0) is 17.2. The Morgan fingerprint density at radius 3 is 2.57 bits per heavy atom. The lowest BCUT2D eigenvalue weighted by molar-refractivity contribution is -0.128. The molecule has 6 heteroatoms. The summed E-state index contributed by atoms with van der Waals surface area (Å²) in [6.45, 7) is 9.68. The molecule has 0 saturated carbocycles. The molecule has 0 fully saturated rings. The highest BCUT2D eigenvalue weighted by Crippen LogP contribution is 2.32. The van der Waals surface area contributed by atoms with Gasteiger partial charge in [0.1, 0.15) is 10.8 Å². The first-order valence-electron chi connectivity index (χ1n) is 7.38. The fourth-order valence-electron chi connectivity index (χ4n) is 1.56. The third kappa shape index (κ3) is 7.14. The first-order valence-corrected chi connectivity index (χ1v) is 9.05. The van der Waals surface area contributed by atoms with Gasteiger partial charge in [-0.2, -0.15) is 0 Å². The molecule has 0 amide bonds. The van der Waals surface area contributed by atoms with E-state index in [1.165, 1.54) is 0 Å². The third-order valence-corrected chi connectivity index (χ3v) is 4.23. The van der Waals surface area contributed by atoms with Gasteiger partial charge in [0.05, 0.1) is 17.7 Å². The highest BCUT2D eigenvalue weighted by molar-refractivity contribution is 9.10. The van der Waals surface area contributed by atoms with Gasteiger partial charge in [-0.05, 0) is 53.9 Å². The van der Waals surface area contributed by atoms with Crippen LogP contribution in [0.2, 0.25) is 0 Å². The zero-order valence-electron chi connectivity index (χ0n) is 13.8. The molecule has 1 heterocycles. The van der Waals surface area contributed by atoms with Crippen LogP contribution in [0.4, 0.5) is 0 Å². The predicted molar refractivity (Wildman–Crippen MR) is 98.0 cm³/mol. The number of halogens is 1. The fraction of sp³-hybridized carbons (Fsp3) is 0.412. The molecular weight excluding hydrogens is 378 g/mol. The number of benzene rings is 1. The van der Waals surface area contributed by atoms with E-state index in [0.717, 1.165) is 33.1 Å². The Balaban J connectivity index is 0.000000463. The highest BCUT2D eigenvalue weighted by Gasteiger charge is 2.07. The maximum atomic E-state index is 9.18. The number of rotatable bonds is 6. The summed E-state index contributed by atoms with van der Waals surface area (Å²) in [6.07, 6.45) is 0. The molecule has 23 heavy (non-hydrogen) atoms. The summed E-state index contributed by atoms with van der Waals surface area (Å²) in [7, 11) is 0. The smallest absolute Gasteiger partial charge is 0.293 e. The van der Waals surface area contributed by atoms with Crippen molar-refractivity contribution < 1.29 is 14.3 Å². The van der Waals surface area contributed by atoms with Gasteiger partial charge in [0, 0.05) is 16.6 Å². The van der Waals surface area contributed by atoms with Crippen LogP contribution in [-0.2, 0) is 9.53 Å². The molecule has 1 aromatic heterocycles. The van der Waals surface area contributed by atoms with Gasteiger partial charge in [-0.1, -0.05) is 13.8 Å². The van der Waals surface area contributed by atoms with Gasteiger partial charge in [-0.15, -0.1) is 11.3 Å². The Kier molecular flexibility index (Phi) is 8.87. The van der Waals surface area contributed by atoms with Crippen LogP contribution in [0.5, 0.6) is 5.75 Å². The number of carbonyl (C=O) groups excluding carboxylic acids is 1. The number of thiazole rings is 1. The molecule has 0 aliphatic heterocycles. The summed E-state index contributed by atoms with van der Waals surface area (Å²) < 4.78 is 10.9. The average Bonchev–Trinajstić information content (AvgIpc) is 2.94. The fourth-order valence-corrected chi connectivity index (χ4v) is 2.85. The molecular formula is C17H22BrNO3S. The number of nitrogens with zero attached hydrogens (tertiary/aromatic N) is 1. The second kappa shape index (κ2) is 10.4. The molecule has 2 rings (SSSR count). The van der Waals surface area contributed by atoms with Crippen LogP contribution in [0.15, 0.2) is 28.1 Å². The lowest BCUT2D eigenvalue weighted by atomic mass is 10.2. The summed E-state index contributed by atoms with van der Waals surface area (Å²) in [5, 5.41) is 3.11. The van der Waals surface area contributed by atoms with Gasteiger partial charge in [0.2, 0.25) is 0 Å². The number of aromatic nitrogens is 1. The summed E-state index contributed by atoms with van der Waals surface area (Å²) >= 11 is 5.22. The number of hydrogen-bond acceptors (Lipinski definition) is 5. The van der Waals surface area contributed by atoms with Crippen LogP contribution in [-0.4, -0.2) is 24.7 Å². The van der Waals surface area contributed by atoms with Crippen molar-refractivity contribution in [3.8, 4) is 16.3 Å². The van der Waals surface area contributed by atoms with E-state index in [9.17, 15) is 4.79 Å². The number of carbonyl (C=O) groups is 1. The molecule has 126 valence electrons. The van der Waals surface area contributed by atoms with Crippen molar-refractivity contribution in [2.45, 2.75) is 27.7 Å². The molecule has 0 atom stereocenters. The molecule has 0 bridgehead atoms. The summed E-state index contributed by atoms with van der Waals surface area (Å²) in [4.78, 5) is 13.7. The largest absolute Gasteiger partial charge is 0.492 e. The van der Waals surface area contributed by atoms with Crippen molar-refractivity contribution in [2.75, 3.05) is 13.2 Å². The summed E-state index contributed by atoms with van der Waals surface area (Å²) in [5.74, 6) is 1.42. The molecule has 0 unspecified atom stereocenters. The number of aryl methyl sites for hydroxylation is 1. The van der Waals surface area contributed by atoms with E-state index in [1.54, 1.807) is 18.3 Å². The second-order valence-corrected chi connectivity index (χ2v) is 6.91. The van der Waals surface area contributed by atoms with Gasteiger partial charge >= 0.3 is 0 Å². The van der Waals surface area contributed by atoms with Crippen LogP contribution in [0.3, 0.4) is 0 Å². The minimum atomic E-state index is 0.431. The van der Waals surface area contributed by atoms with Crippen LogP contribution in [0, 0.1) is 12.8 Å². The molecule has 0 spiro atoms. The maximum absolute atomic E-state index is 9.18. The topological polar surface area (TPSA) is 48.4 Å². The molecule has 0 saturated heterocycles. The van der Waals surface area contributed by atoms with E-state index < -0.39 is 0 Å². The number of ether oxygens (including phenoxy) is 2. The first kappa shape index (κ1) is 19.6. The predicted octanol–water partition coefficient (Wildman–Crippen LogP) is 5.10. The van der Waals surface area contributed by atoms with Crippen molar-refractivity contribution in [3.63, 3.8) is 0 Å². The Morgan fingerprint density at radius 2 is 2.13 bits per heavy atom. The molecule has 0 radical (unpaired) electrons. The Bertz CT molecular complexity index is 614. The third-order valence-electron chi connectivity index (χ3n) is 2.60. The molecule has 2 aromatic rings. The van der Waals surface area contributed by atoms with E-state index in [2.05, 4.69) is 57.0 Å². The minimum Gasteiger partial charge on any atom is -0.492 e. The van der Waals surface area contributed by atoms with Crippen molar-refractivity contribution in [1.29, 1.82) is 0 Å². The van der Waals surface area contributed by atoms with Gasteiger partial charge in [-0.25, -0.2) is 4.98 Å². The standard InChI is InChI=1S/C14H16BrNOS.C3H6O2/c1-9(2)7-17-13-5-4-11(6-12(13)15)14-16-10(3)8-18-14;1-2-5-3-4/h4-6,8-9H,7H2,1-3H3;3H,2H2,1H3. The molecule has 0 aliphatic carbocycles. The van der Waals surface area contributed by atoms with Gasteiger partial charge in [-0.3, -0.25) is 4.79 Å². The molecule has 0 aliphatic rings. The van der Waals surface area contributed by atoms with Crippen molar-refractivity contribution in [3.05, 3.63) is 33.7 Å². The van der Waals surface area contributed by atoms with Crippen LogP contribution in [0.1, 0.15) is 26.5 Å². The zero-order valence-corrected chi connectivity index (χ0v) is 16.2. The molecule has 4 nitrogen and oxygen atoms in total. The maximum Gasteiger partial charge on any atom is 0.293 e. The second-order valence-electron chi connectivity index (χ2n) is 5.20. The first-order chi connectivity index (χ1) is 11.0. The Labute approximate surface area is 150 Å². The molecule has 1 aromatic carbocycles. The lowest BCUT2D eigenvalue weighted by Gasteiger charge is -2.10. The quantitative estimate of drug-likeness (QED) is 0.634. The van der Waals surface area contributed by atoms with Crippen molar-refractivity contribution >= 4 is 33.7 Å². The van der Waals surface area contributed by atoms with E-state index in [0.29, 0.717) is 19.0 Å². The Hall–Kier alpha value is -1.40. The van der Waals surface area contributed by atoms with Crippen molar-refractivity contribution in [1.82, 2.24) is 4.98 Å². The lowest BCUT2D eigenvalue weighted by Crippen LogP contribution is -2.04. The van der Waals surface area contributed by atoms with Crippen molar-refractivity contribution in [2.24, 2.45) is 5.92 Å².